The summed E-state index contributed by atoms with van der Waals surface area (Å²) in [6.07, 6.45) is 5.28. The highest BCUT2D eigenvalue weighted by Crippen LogP contribution is 2.31. The Morgan fingerprint density at radius 1 is 1.12 bits per heavy atom. The molecular formula is C13H27NO2. The maximum absolute atomic E-state index is 5.68. The number of hydrogen-bond acceptors (Lipinski definition) is 3. The minimum Gasteiger partial charge on any atom is -0.351 e. The van der Waals surface area contributed by atoms with Gasteiger partial charge in [0.2, 0.25) is 0 Å². The molecule has 1 aliphatic carbocycles. The molecule has 1 atom stereocenters. The summed E-state index contributed by atoms with van der Waals surface area (Å²) >= 11 is 0. The van der Waals surface area contributed by atoms with Crippen LogP contribution < -0.4 is 5.32 Å². The Morgan fingerprint density at radius 2 is 1.75 bits per heavy atom. The van der Waals surface area contributed by atoms with E-state index in [1.807, 2.05) is 13.8 Å². The van der Waals surface area contributed by atoms with Crippen LogP contribution in [0.5, 0.6) is 0 Å². The number of ether oxygens (including phenoxy) is 2. The van der Waals surface area contributed by atoms with E-state index in [-0.39, 0.29) is 6.29 Å². The SMILES string of the molecule is CCNC(CC1CCC1)C(OCC)OCC. The van der Waals surface area contributed by atoms with Crippen molar-refractivity contribution in [2.24, 2.45) is 5.92 Å². The van der Waals surface area contributed by atoms with E-state index < -0.39 is 0 Å². The molecular weight excluding hydrogens is 202 g/mol. The molecule has 0 amide bonds. The van der Waals surface area contributed by atoms with Gasteiger partial charge in [-0.25, -0.2) is 0 Å². The molecule has 1 fully saturated rings. The third-order valence-electron chi connectivity index (χ3n) is 3.27. The Balaban J connectivity index is 2.41. The molecule has 3 nitrogen and oxygen atoms in total. The topological polar surface area (TPSA) is 30.5 Å². The lowest BCUT2D eigenvalue weighted by atomic mass is 9.80. The van der Waals surface area contributed by atoms with Crippen LogP contribution in [0.15, 0.2) is 0 Å². The van der Waals surface area contributed by atoms with E-state index in [1.54, 1.807) is 0 Å². The van der Waals surface area contributed by atoms with E-state index in [2.05, 4.69) is 12.2 Å². The molecule has 16 heavy (non-hydrogen) atoms. The number of likely N-dealkylation sites (N-methyl/N-ethyl adjacent to an activating group) is 1. The average molecular weight is 229 g/mol. The largest absolute Gasteiger partial charge is 0.351 e. The van der Waals surface area contributed by atoms with E-state index in [4.69, 9.17) is 9.47 Å². The number of nitrogens with one attached hydrogen (secondary N) is 1. The fourth-order valence-electron chi connectivity index (χ4n) is 2.25. The van der Waals surface area contributed by atoms with E-state index in [1.165, 1.54) is 25.7 Å². The minimum absolute atomic E-state index is 0.0736. The lowest BCUT2D eigenvalue weighted by Crippen LogP contribution is -2.45. The lowest BCUT2D eigenvalue weighted by Gasteiger charge is -2.33. The maximum atomic E-state index is 5.68. The molecule has 0 heterocycles. The van der Waals surface area contributed by atoms with Crippen LogP contribution in [0.3, 0.4) is 0 Å². The van der Waals surface area contributed by atoms with E-state index >= 15 is 0 Å². The summed E-state index contributed by atoms with van der Waals surface area (Å²) in [5.41, 5.74) is 0. The van der Waals surface area contributed by atoms with Gasteiger partial charge < -0.3 is 14.8 Å². The molecule has 1 N–H and O–H groups in total. The molecule has 1 aliphatic rings. The normalized spacial score (nSPS) is 18.8. The maximum Gasteiger partial charge on any atom is 0.172 e. The predicted octanol–water partition coefficient (Wildman–Crippen LogP) is 2.55. The van der Waals surface area contributed by atoms with Gasteiger partial charge in [0.15, 0.2) is 6.29 Å². The van der Waals surface area contributed by atoms with Crippen molar-refractivity contribution in [1.82, 2.24) is 5.32 Å². The molecule has 0 aliphatic heterocycles. The third-order valence-corrected chi connectivity index (χ3v) is 3.27. The Morgan fingerprint density at radius 3 is 2.12 bits per heavy atom. The van der Waals surface area contributed by atoms with Gasteiger partial charge in [-0.3, -0.25) is 0 Å². The highest BCUT2D eigenvalue weighted by atomic mass is 16.7. The fraction of sp³-hybridized carbons (Fsp3) is 1.00. The zero-order chi connectivity index (χ0) is 11.8. The van der Waals surface area contributed by atoms with E-state index in [0.29, 0.717) is 6.04 Å². The quantitative estimate of drug-likeness (QED) is 0.616. The van der Waals surface area contributed by atoms with Gasteiger partial charge >= 0.3 is 0 Å². The summed E-state index contributed by atoms with van der Waals surface area (Å²) in [5, 5.41) is 3.50. The first-order valence-electron chi connectivity index (χ1n) is 6.78. The van der Waals surface area contributed by atoms with Gasteiger partial charge in [0, 0.05) is 13.2 Å². The summed E-state index contributed by atoms with van der Waals surface area (Å²) in [6, 6.07) is 0.357. The van der Waals surface area contributed by atoms with Gasteiger partial charge in [-0.05, 0) is 32.7 Å². The molecule has 0 aromatic carbocycles. The summed E-state index contributed by atoms with van der Waals surface area (Å²) in [5.74, 6) is 0.882. The van der Waals surface area contributed by atoms with Crippen LogP contribution >= 0.6 is 0 Å². The zero-order valence-electron chi connectivity index (χ0n) is 11.0. The van der Waals surface area contributed by atoms with Crippen LogP contribution in [-0.2, 0) is 9.47 Å². The van der Waals surface area contributed by atoms with Crippen LogP contribution in [0.1, 0.15) is 46.5 Å². The second kappa shape index (κ2) is 8.04. The Labute approximate surface area is 99.9 Å². The minimum atomic E-state index is -0.0736. The standard InChI is InChI=1S/C13H27NO2/c1-4-14-12(10-11-8-7-9-11)13(15-5-2)16-6-3/h11-14H,4-10H2,1-3H3. The molecule has 3 heteroatoms. The Hall–Kier alpha value is -0.120. The highest BCUT2D eigenvalue weighted by Gasteiger charge is 2.27. The Kier molecular flexibility index (Phi) is 7.01. The predicted molar refractivity (Wildman–Crippen MR) is 66.5 cm³/mol. The number of hydrogen-bond donors (Lipinski definition) is 1. The first kappa shape index (κ1) is 13.9. The van der Waals surface area contributed by atoms with Crippen molar-refractivity contribution in [2.45, 2.75) is 58.8 Å². The number of rotatable bonds is 9. The smallest absolute Gasteiger partial charge is 0.172 e. The van der Waals surface area contributed by atoms with Crippen molar-refractivity contribution < 1.29 is 9.47 Å². The third kappa shape index (κ3) is 4.40. The van der Waals surface area contributed by atoms with Crippen molar-refractivity contribution >= 4 is 0 Å². The van der Waals surface area contributed by atoms with Crippen LogP contribution in [0, 0.1) is 5.92 Å². The second-order valence-electron chi connectivity index (χ2n) is 4.48. The van der Waals surface area contributed by atoms with Crippen molar-refractivity contribution in [2.75, 3.05) is 19.8 Å². The van der Waals surface area contributed by atoms with Gasteiger partial charge in [-0.15, -0.1) is 0 Å². The molecule has 0 aromatic heterocycles. The molecule has 1 rings (SSSR count). The summed E-state index contributed by atoms with van der Waals surface area (Å²) < 4.78 is 11.4. The summed E-state index contributed by atoms with van der Waals surface area (Å²) in [7, 11) is 0. The molecule has 0 aromatic rings. The highest BCUT2D eigenvalue weighted by molar-refractivity contribution is 4.79. The first-order chi connectivity index (χ1) is 7.81. The van der Waals surface area contributed by atoms with Crippen molar-refractivity contribution in [3.8, 4) is 0 Å². The van der Waals surface area contributed by atoms with Crippen LogP contribution in [0.4, 0.5) is 0 Å². The van der Waals surface area contributed by atoms with Gasteiger partial charge in [-0.1, -0.05) is 26.2 Å². The Bertz CT molecular complexity index is 165. The van der Waals surface area contributed by atoms with E-state index in [9.17, 15) is 0 Å². The molecule has 1 unspecified atom stereocenters. The van der Waals surface area contributed by atoms with Gasteiger partial charge in [0.25, 0.3) is 0 Å². The van der Waals surface area contributed by atoms with Gasteiger partial charge in [0.05, 0.1) is 6.04 Å². The molecule has 0 bridgehead atoms. The summed E-state index contributed by atoms with van der Waals surface area (Å²) in [4.78, 5) is 0. The second-order valence-corrected chi connectivity index (χ2v) is 4.48. The van der Waals surface area contributed by atoms with Crippen molar-refractivity contribution in [3.05, 3.63) is 0 Å². The van der Waals surface area contributed by atoms with Crippen LogP contribution in [0.25, 0.3) is 0 Å². The molecule has 1 saturated carbocycles. The lowest BCUT2D eigenvalue weighted by molar-refractivity contribution is -0.157. The average Bonchev–Trinajstić information content (AvgIpc) is 2.21. The van der Waals surface area contributed by atoms with Crippen molar-refractivity contribution in [1.29, 1.82) is 0 Å². The monoisotopic (exact) mass is 229 g/mol. The van der Waals surface area contributed by atoms with Gasteiger partial charge in [-0.2, -0.15) is 0 Å². The summed E-state index contributed by atoms with van der Waals surface area (Å²) in [6.45, 7) is 8.61. The molecule has 96 valence electrons. The fourth-order valence-corrected chi connectivity index (χ4v) is 2.25. The van der Waals surface area contributed by atoms with Crippen LogP contribution in [-0.4, -0.2) is 32.1 Å². The van der Waals surface area contributed by atoms with E-state index in [0.717, 1.165) is 25.7 Å². The van der Waals surface area contributed by atoms with Gasteiger partial charge in [0.1, 0.15) is 0 Å². The molecule has 0 saturated heterocycles. The molecule has 0 spiro atoms. The van der Waals surface area contributed by atoms with Crippen LogP contribution in [0.2, 0.25) is 0 Å². The molecule has 0 radical (unpaired) electrons. The first-order valence-corrected chi connectivity index (χ1v) is 6.78. The van der Waals surface area contributed by atoms with Crippen molar-refractivity contribution in [3.63, 3.8) is 0 Å². The zero-order valence-corrected chi connectivity index (χ0v) is 11.0.